The summed E-state index contributed by atoms with van der Waals surface area (Å²) in [6.07, 6.45) is 9.00. The van der Waals surface area contributed by atoms with Crippen molar-refractivity contribution in [2.75, 3.05) is 6.61 Å². The summed E-state index contributed by atoms with van der Waals surface area (Å²) in [7, 11) is 0. The van der Waals surface area contributed by atoms with E-state index in [9.17, 15) is 4.79 Å². The van der Waals surface area contributed by atoms with Crippen LogP contribution in [0.4, 0.5) is 0 Å². The van der Waals surface area contributed by atoms with Crippen molar-refractivity contribution in [2.24, 2.45) is 0 Å². The average molecular weight is 218 g/mol. The Morgan fingerprint density at radius 1 is 1.20 bits per heavy atom. The van der Waals surface area contributed by atoms with Crippen LogP contribution in [0.1, 0.15) is 52.4 Å². The fraction of sp³-hybridized carbons (Fsp3) is 0.818. The Morgan fingerprint density at radius 3 is 1.53 bits per heavy atom. The maximum absolute atomic E-state index is 9.82. The summed E-state index contributed by atoms with van der Waals surface area (Å²) >= 11 is 0. The van der Waals surface area contributed by atoms with Gasteiger partial charge in [-0.05, 0) is 6.92 Å². The van der Waals surface area contributed by atoms with Crippen LogP contribution in [0.25, 0.3) is 0 Å². The molecule has 0 atom stereocenters. The van der Waals surface area contributed by atoms with Gasteiger partial charge < -0.3 is 9.84 Å². The molecule has 0 aromatic carbocycles. The number of ether oxygens (including phenoxy) is 1. The van der Waals surface area contributed by atoms with Crippen molar-refractivity contribution in [3.05, 3.63) is 0 Å². The summed E-state index contributed by atoms with van der Waals surface area (Å²) < 4.78 is 4.40. The van der Waals surface area contributed by atoms with Gasteiger partial charge in [0.25, 0.3) is 6.47 Å². The molecule has 1 rings (SSSR count). The van der Waals surface area contributed by atoms with Gasteiger partial charge in [0.05, 0.1) is 6.61 Å². The molecule has 0 radical (unpaired) electrons. The topological polar surface area (TPSA) is 63.6 Å². The van der Waals surface area contributed by atoms with Crippen LogP contribution in [0.3, 0.4) is 0 Å². The molecule has 0 aromatic heterocycles. The van der Waals surface area contributed by atoms with E-state index in [-0.39, 0.29) is 12.4 Å². The highest BCUT2D eigenvalue weighted by Crippen LogP contribution is 2.15. The lowest BCUT2D eigenvalue weighted by atomic mass is 10.0. The summed E-state index contributed by atoms with van der Waals surface area (Å²) in [4.78, 5) is 18.2. The molecule has 1 N–H and O–H groups in total. The Hall–Kier alpha value is -1.06. The van der Waals surface area contributed by atoms with Crippen molar-refractivity contribution in [1.29, 1.82) is 0 Å². The lowest BCUT2D eigenvalue weighted by Gasteiger charge is -2.05. The third-order valence-electron chi connectivity index (χ3n) is 1.85. The van der Waals surface area contributed by atoms with Gasteiger partial charge in [0, 0.05) is 6.92 Å². The van der Waals surface area contributed by atoms with E-state index in [0.29, 0.717) is 6.61 Å². The number of hydrogen-bond acceptors (Lipinski definition) is 3. The van der Waals surface area contributed by atoms with Crippen molar-refractivity contribution in [3.8, 4) is 0 Å². The quantitative estimate of drug-likeness (QED) is 0.542. The van der Waals surface area contributed by atoms with E-state index in [0.717, 1.165) is 0 Å². The Balaban J connectivity index is 0. The van der Waals surface area contributed by atoms with Gasteiger partial charge in [-0.25, -0.2) is 0 Å². The Bertz CT molecular complexity index is 130. The van der Waals surface area contributed by atoms with Crippen molar-refractivity contribution in [2.45, 2.75) is 52.4 Å². The van der Waals surface area contributed by atoms with Crippen molar-refractivity contribution >= 4 is 12.4 Å². The molecule has 0 unspecified atom stereocenters. The first kappa shape index (κ1) is 16.4. The molecular formula is C11H22O4. The molecular weight excluding hydrogens is 196 g/mol. The highest BCUT2D eigenvalue weighted by atomic mass is 16.5. The van der Waals surface area contributed by atoms with Crippen LogP contribution in [-0.2, 0) is 14.3 Å². The van der Waals surface area contributed by atoms with Gasteiger partial charge in [-0.3, -0.25) is 9.59 Å². The average Bonchev–Trinajstić information content (AvgIpc) is 2.22. The van der Waals surface area contributed by atoms with Crippen LogP contribution in [-0.4, -0.2) is 24.2 Å². The molecule has 0 bridgehead atoms. The number of carboxylic acid groups (broad SMARTS) is 1. The normalized spacial score (nSPS) is 13.5. The second-order valence-electron chi connectivity index (χ2n) is 3.15. The predicted octanol–water partition coefficient (Wildman–Crippen LogP) is 2.61. The summed E-state index contributed by atoms with van der Waals surface area (Å²) in [6, 6.07) is 0. The van der Waals surface area contributed by atoms with E-state index in [1.165, 1.54) is 45.4 Å². The minimum Gasteiger partial charge on any atom is -0.483 e. The molecule has 0 saturated heterocycles. The molecule has 0 aliphatic heterocycles. The summed E-state index contributed by atoms with van der Waals surface area (Å²) in [5, 5.41) is 6.89. The highest BCUT2D eigenvalue weighted by molar-refractivity contribution is 5.65. The first-order valence-electron chi connectivity index (χ1n) is 5.40. The molecule has 0 spiro atoms. The zero-order chi connectivity index (χ0) is 11.9. The number of rotatable bonds is 1. The zero-order valence-electron chi connectivity index (χ0n) is 9.70. The molecule has 1 fully saturated rings. The first-order chi connectivity index (χ1) is 7.18. The number of esters is 1. The van der Waals surface area contributed by atoms with Gasteiger partial charge in [-0.1, -0.05) is 38.5 Å². The maximum atomic E-state index is 9.82. The Kier molecular flexibility index (Phi) is 16.8. The third kappa shape index (κ3) is 24.6. The number of carbonyl (C=O) groups is 2. The van der Waals surface area contributed by atoms with Crippen LogP contribution in [0.15, 0.2) is 0 Å². The van der Waals surface area contributed by atoms with Gasteiger partial charge in [-0.2, -0.15) is 0 Å². The van der Waals surface area contributed by atoms with Crippen LogP contribution >= 0.6 is 0 Å². The second-order valence-corrected chi connectivity index (χ2v) is 3.15. The predicted molar refractivity (Wildman–Crippen MR) is 58.7 cm³/mol. The third-order valence-corrected chi connectivity index (χ3v) is 1.85. The molecule has 0 aromatic rings. The fourth-order valence-corrected chi connectivity index (χ4v) is 1.26. The van der Waals surface area contributed by atoms with Gasteiger partial charge in [0.2, 0.25) is 0 Å². The highest BCUT2D eigenvalue weighted by Gasteiger charge is 1.95. The smallest absolute Gasteiger partial charge is 0.302 e. The Morgan fingerprint density at radius 2 is 1.47 bits per heavy atom. The summed E-state index contributed by atoms with van der Waals surface area (Å²) in [5.74, 6) is -0.211. The lowest BCUT2D eigenvalue weighted by Crippen LogP contribution is -1.95. The van der Waals surface area contributed by atoms with Crippen molar-refractivity contribution < 1.29 is 19.4 Å². The molecule has 4 nitrogen and oxygen atoms in total. The van der Waals surface area contributed by atoms with E-state index < -0.39 is 0 Å². The molecule has 4 heteroatoms. The minimum atomic E-state index is -0.250. The largest absolute Gasteiger partial charge is 0.483 e. The standard InChI is InChI=1S/C6H12.C4H8O2.CH2O2/c1-2-4-6-5-3-1;1-3-6-4(2)5;2-1-3/h1-6H2;3H2,1-2H3;1H,(H,2,3). The van der Waals surface area contributed by atoms with E-state index in [1.54, 1.807) is 6.92 Å². The molecule has 1 aliphatic carbocycles. The molecule has 0 heterocycles. The molecule has 0 amide bonds. The van der Waals surface area contributed by atoms with E-state index in [2.05, 4.69) is 4.74 Å². The van der Waals surface area contributed by atoms with Gasteiger partial charge in [0.15, 0.2) is 0 Å². The van der Waals surface area contributed by atoms with E-state index in [4.69, 9.17) is 9.90 Å². The van der Waals surface area contributed by atoms with E-state index in [1.807, 2.05) is 0 Å². The molecule has 15 heavy (non-hydrogen) atoms. The zero-order valence-corrected chi connectivity index (χ0v) is 9.70. The van der Waals surface area contributed by atoms with Crippen LogP contribution in [0.2, 0.25) is 0 Å². The van der Waals surface area contributed by atoms with Crippen LogP contribution in [0, 0.1) is 0 Å². The number of hydrogen-bond donors (Lipinski definition) is 1. The van der Waals surface area contributed by atoms with Crippen LogP contribution in [0.5, 0.6) is 0 Å². The Labute approximate surface area is 91.6 Å². The SMILES string of the molecule is C1CCCCC1.CCOC(C)=O.O=CO. The van der Waals surface area contributed by atoms with Crippen LogP contribution < -0.4 is 0 Å². The second kappa shape index (κ2) is 15.4. The van der Waals surface area contributed by atoms with Gasteiger partial charge in [0.1, 0.15) is 0 Å². The van der Waals surface area contributed by atoms with E-state index >= 15 is 0 Å². The molecule has 1 saturated carbocycles. The molecule has 90 valence electrons. The van der Waals surface area contributed by atoms with Gasteiger partial charge >= 0.3 is 5.97 Å². The lowest BCUT2D eigenvalue weighted by molar-refractivity contribution is -0.140. The van der Waals surface area contributed by atoms with Crippen molar-refractivity contribution in [1.82, 2.24) is 0 Å². The monoisotopic (exact) mass is 218 g/mol. The maximum Gasteiger partial charge on any atom is 0.302 e. The van der Waals surface area contributed by atoms with Gasteiger partial charge in [-0.15, -0.1) is 0 Å². The summed E-state index contributed by atoms with van der Waals surface area (Å²) in [6.45, 7) is 3.40. The first-order valence-corrected chi connectivity index (χ1v) is 5.40. The summed E-state index contributed by atoms with van der Waals surface area (Å²) in [5.41, 5.74) is 0. The molecule has 1 aliphatic rings. The van der Waals surface area contributed by atoms with Crippen molar-refractivity contribution in [3.63, 3.8) is 0 Å². The minimum absolute atomic E-state index is 0.211. The fourth-order valence-electron chi connectivity index (χ4n) is 1.26. The number of carbonyl (C=O) groups excluding carboxylic acids is 1.